The van der Waals surface area contributed by atoms with Gasteiger partial charge >= 0.3 is 0 Å². The summed E-state index contributed by atoms with van der Waals surface area (Å²) in [5.41, 5.74) is 7.37. The number of likely N-dealkylation sites (N-methyl/N-ethyl adjacent to an activating group) is 1. The quantitative estimate of drug-likeness (QED) is 0.433. The number of aromatic amines is 1. The van der Waals surface area contributed by atoms with Crippen molar-refractivity contribution in [3.05, 3.63) is 87.2 Å². The summed E-state index contributed by atoms with van der Waals surface area (Å²) in [6.07, 6.45) is 1.78. The number of rotatable bonds is 5. The summed E-state index contributed by atoms with van der Waals surface area (Å²) < 4.78 is 0. The number of hydrogen-bond donors (Lipinski definition) is 3. The second-order valence-corrected chi connectivity index (χ2v) is 10.6. The highest BCUT2D eigenvalue weighted by Crippen LogP contribution is 2.35. The summed E-state index contributed by atoms with van der Waals surface area (Å²) in [5, 5.41) is 5.95. The van der Waals surface area contributed by atoms with Crippen molar-refractivity contribution in [2.24, 2.45) is 0 Å². The van der Waals surface area contributed by atoms with E-state index in [0.29, 0.717) is 46.7 Å². The molecule has 0 saturated carbocycles. The predicted octanol–water partition coefficient (Wildman–Crippen LogP) is 4.31. The van der Waals surface area contributed by atoms with Crippen molar-refractivity contribution >= 4 is 35.1 Å². The molecule has 0 aliphatic carbocycles. The van der Waals surface area contributed by atoms with E-state index in [2.05, 4.69) is 33.6 Å². The van der Waals surface area contributed by atoms with Gasteiger partial charge in [-0.05, 0) is 70.1 Å². The summed E-state index contributed by atoms with van der Waals surface area (Å²) in [6.45, 7) is 10.9. The zero-order valence-electron chi connectivity index (χ0n) is 23.1. The fourth-order valence-electron chi connectivity index (χ4n) is 5.33. The van der Waals surface area contributed by atoms with Gasteiger partial charge in [0.25, 0.3) is 17.7 Å². The van der Waals surface area contributed by atoms with E-state index < -0.39 is 0 Å². The molecule has 0 spiro atoms. The fourth-order valence-corrected chi connectivity index (χ4v) is 5.33. The topological polar surface area (TPSA) is 97.5 Å². The van der Waals surface area contributed by atoms with Gasteiger partial charge in [0.2, 0.25) is 0 Å². The number of aromatic nitrogens is 1. The number of fused-ring (bicyclic) bond motifs is 1. The number of amides is 3. The molecule has 0 radical (unpaired) electrons. The molecule has 8 heteroatoms. The molecule has 2 aliphatic rings. The van der Waals surface area contributed by atoms with E-state index in [1.54, 1.807) is 24.3 Å². The lowest BCUT2D eigenvalue weighted by molar-refractivity contribution is -0.110. The summed E-state index contributed by atoms with van der Waals surface area (Å²) in [5.74, 6) is -0.441. The molecule has 8 nitrogen and oxygen atoms in total. The summed E-state index contributed by atoms with van der Waals surface area (Å²) >= 11 is 0. The maximum absolute atomic E-state index is 13.3. The van der Waals surface area contributed by atoms with Crippen LogP contribution in [0.15, 0.2) is 42.5 Å². The number of nitrogens with zero attached hydrogens (tertiary/aromatic N) is 2. The normalized spacial score (nSPS) is 17.2. The van der Waals surface area contributed by atoms with Crippen LogP contribution in [0, 0.1) is 20.8 Å². The Morgan fingerprint density at radius 3 is 2.49 bits per heavy atom. The third-order valence-electron chi connectivity index (χ3n) is 7.72. The number of benzene rings is 2. The van der Waals surface area contributed by atoms with E-state index in [1.165, 1.54) is 0 Å². The minimum Gasteiger partial charge on any atom is -0.358 e. The van der Waals surface area contributed by atoms with Crippen molar-refractivity contribution < 1.29 is 14.4 Å². The van der Waals surface area contributed by atoms with Gasteiger partial charge in [-0.15, -0.1) is 0 Å². The lowest BCUT2D eigenvalue weighted by atomic mass is 10.0. The van der Waals surface area contributed by atoms with Crippen LogP contribution >= 0.6 is 0 Å². The molecule has 1 atom stereocenters. The number of aryl methyl sites for hydroxylation is 2. The molecule has 3 amide bonds. The molecule has 3 heterocycles. The number of carbonyl (C=O) groups excluding carboxylic acids is 3. The van der Waals surface area contributed by atoms with Crippen molar-refractivity contribution in [1.82, 2.24) is 20.1 Å². The van der Waals surface area contributed by atoms with Gasteiger partial charge in [-0.2, -0.15) is 0 Å². The van der Waals surface area contributed by atoms with E-state index >= 15 is 0 Å². The number of hydrogen-bond acceptors (Lipinski definition) is 4. The fraction of sp³-hybridized carbons (Fsp3) is 0.323. The standard InChI is InChI=1S/C31H35N5O3/c1-18-7-6-8-22(15-18)20(3)33-29(37)23-9-10-26-24(16-23)25(30(38)34-26)17-27-19(2)28(21(4)32-27)31(39)36-13-11-35(5)12-14-36/h6-10,15-17,20,32H,11-14H2,1-5H3,(H,33,37)(H,34,38)/b25-17+. The molecular formula is C31H35N5O3. The van der Waals surface area contributed by atoms with Crippen LogP contribution in [0.4, 0.5) is 5.69 Å². The van der Waals surface area contributed by atoms with Gasteiger partial charge in [0.05, 0.1) is 17.2 Å². The van der Waals surface area contributed by atoms with Gasteiger partial charge in [0, 0.05) is 54.4 Å². The number of piperazine rings is 1. The van der Waals surface area contributed by atoms with E-state index in [4.69, 9.17) is 0 Å². The number of anilines is 1. The van der Waals surface area contributed by atoms with Crippen LogP contribution in [0.3, 0.4) is 0 Å². The molecule has 3 N–H and O–H groups in total. The number of nitrogens with one attached hydrogen (secondary N) is 3. The third-order valence-corrected chi connectivity index (χ3v) is 7.72. The maximum atomic E-state index is 13.3. The Morgan fingerprint density at radius 1 is 1.03 bits per heavy atom. The number of carbonyl (C=O) groups is 3. The predicted molar refractivity (Wildman–Crippen MR) is 154 cm³/mol. The highest BCUT2D eigenvalue weighted by molar-refractivity contribution is 6.35. The van der Waals surface area contributed by atoms with Crippen LogP contribution in [-0.4, -0.2) is 65.7 Å². The zero-order chi connectivity index (χ0) is 27.8. The van der Waals surface area contributed by atoms with E-state index in [1.807, 2.05) is 50.8 Å². The van der Waals surface area contributed by atoms with Crippen molar-refractivity contribution in [3.63, 3.8) is 0 Å². The second-order valence-electron chi connectivity index (χ2n) is 10.6. The van der Waals surface area contributed by atoms with Crippen LogP contribution in [0.2, 0.25) is 0 Å². The first-order chi connectivity index (χ1) is 18.6. The average molecular weight is 526 g/mol. The molecule has 1 aromatic heterocycles. The molecule has 5 rings (SSSR count). The van der Waals surface area contributed by atoms with Gasteiger partial charge in [-0.1, -0.05) is 29.8 Å². The highest BCUT2D eigenvalue weighted by Gasteiger charge is 2.28. The first kappa shape index (κ1) is 26.4. The Hall–Kier alpha value is -4.17. The largest absolute Gasteiger partial charge is 0.358 e. The molecule has 1 unspecified atom stereocenters. The third kappa shape index (κ3) is 5.25. The van der Waals surface area contributed by atoms with Gasteiger partial charge in [-0.3, -0.25) is 14.4 Å². The minimum absolute atomic E-state index is 0.0111. The molecular weight excluding hydrogens is 490 g/mol. The second kappa shape index (κ2) is 10.5. The van der Waals surface area contributed by atoms with Crippen LogP contribution in [-0.2, 0) is 4.79 Å². The SMILES string of the molecule is Cc1cccc(C(C)NC(=O)c2ccc3c(c2)/C(=C\c2[nH]c(C)c(C(=O)N4CCN(C)CC4)c2C)C(=O)N3)c1. The van der Waals surface area contributed by atoms with E-state index in [0.717, 1.165) is 35.5 Å². The molecule has 202 valence electrons. The monoisotopic (exact) mass is 525 g/mol. The van der Waals surface area contributed by atoms with Gasteiger partial charge < -0.3 is 25.4 Å². The first-order valence-corrected chi connectivity index (χ1v) is 13.3. The summed E-state index contributed by atoms with van der Waals surface area (Å²) in [4.78, 5) is 46.8. The zero-order valence-corrected chi connectivity index (χ0v) is 23.1. The molecule has 1 fully saturated rings. The van der Waals surface area contributed by atoms with Gasteiger partial charge in [0.15, 0.2) is 0 Å². The van der Waals surface area contributed by atoms with E-state index in [9.17, 15) is 14.4 Å². The van der Waals surface area contributed by atoms with E-state index in [-0.39, 0.29) is 23.8 Å². The van der Waals surface area contributed by atoms with Crippen LogP contribution in [0.1, 0.15) is 67.3 Å². The van der Waals surface area contributed by atoms with Crippen LogP contribution < -0.4 is 10.6 Å². The summed E-state index contributed by atoms with van der Waals surface area (Å²) in [7, 11) is 2.06. The van der Waals surface area contributed by atoms with Gasteiger partial charge in [0.1, 0.15) is 0 Å². The van der Waals surface area contributed by atoms with Crippen LogP contribution in [0.5, 0.6) is 0 Å². The van der Waals surface area contributed by atoms with Gasteiger partial charge in [-0.25, -0.2) is 0 Å². The number of H-pyrrole nitrogens is 1. The highest BCUT2D eigenvalue weighted by atomic mass is 16.2. The molecule has 2 aromatic carbocycles. The molecule has 0 bridgehead atoms. The lowest BCUT2D eigenvalue weighted by Gasteiger charge is -2.32. The Bertz CT molecular complexity index is 1490. The van der Waals surface area contributed by atoms with Crippen molar-refractivity contribution in [3.8, 4) is 0 Å². The molecule has 1 saturated heterocycles. The molecule has 2 aliphatic heterocycles. The molecule has 39 heavy (non-hydrogen) atoms. The maximum Gasteiger partial charge on any atom is 0.256 e. The lowest BCUT2D eigenvalue weighted by Crippen LogP contribution is -2.47. The van der Waals surface area contributed by atoms with Crippen molar-refractivity contribution in [1.29, 1.82) is 0 Å². The van der Waals surface area contributed by atoms with Crippen LogP contribution in [0.25, 0.3) is 11.6 Å². The average Bonchev–Trinajstić information content (AvgIpc) is 3.37. The first-order valence-electron chi connectivity index (χ1n) is 13.3. The Balaban J connectivity index is 1.41. The minimum atomic E-state index is -0.241. The molecule has 3 aromatic rings. The van der Waals surface area contributed by atoms with Crippen molar-refractivity contribution in [2.45, 2.75) is 33.7 Å². The summed E-state index contributed by atoms with van der Waals surface area (Å²) in [6, 6.07) is 13.1. The Morgan fingerprint density at radius 2 is 1.77 bits per heavy atom. The smallest absolute Gasteiger partial charge is 0.256 e. The Kier molecular flexibility index (Phi) is 7.14. The Labute approximate surface area is 229 Å². The van der Waals surface area contributed by atoms with Crippen molar-refractivity contribution in [2.75, 3.05) is 38.5 Å².